The third-order valence-corrected chi connectivity index (χ3v) is 5.35. The highest BCUT2D eigenvalue weighted by Gasteiger charge is 2.16. The topological polar surface area (TPSA) is 35.5 Å². The Labute approximate surface area is 174 Å². The minimum absolute atomic E-state index is 0.481. The summed E-state index contributed by atoms with van der Waals surface area (Å²) < 4.78 is 11.5. The van der Waals surface area contributed by atoms with Crippen LogP contribution in [0.2, 0.25) is 0 Å². The molecule has 3 heteroatoms. The Morgan fingerprint density at radius 3 is 1.93 bits per heavy atom. The first kappa shape index (κ1) is 18.2. The maximum atomic E-state index is 12.8. The largest absolute Gasteiger partial charge is 0.519 e. The fourth-order valence-electron chi connectivity index (χ4n) is 3.89. The van der Waals surface area contributed by atoms with Crippen LogP contribution in [0.1, 0.15) is 11.1 Å². The Balaban J connectivity index is 1.60. The first-order chi connectivity index (χ1) is 14.6. The van der Waals surface area contributed by atoms with Crippen molar-refractivity contribution in [3.8, 4) is 11.5 Å². The molecule has 0 radical (unpaired) electrons. The van der Waals surface area contributed by atoms with Crippen LogP contribution in [-0.2, 0) is 0 Å². The van der Waals surface area contributed by atoms with Gasteiger partial charge in [-0.25, -0.2) is 4.79 Å². The predicted molar refractivity (Wildman–Crippen MR) is 122 cm³/mol. The van der Waals surface area contributed by atoms with Gasteiger partial charge in [0, 0.05) is 16.2 Å². The number of rotatable bonds is 2. The number of carbonyl (C=O) groups is 1. The molecule has 5 aromatic rings. The van der Waals surface area contributed by atoms with Gasteiger partial charge in [0.15, 0.2) is 0 Å². The molecule has 0 bridgehead atoms. The zero-order valence-corrected chi connectivity index (χ0v) is 16.8. The summed E-state index contributed by atoms with van der Waals surface area (Å²) in [5.74, 6) is 1.01. The van der Waals surface area contributed by atoms with Crippen molar-refractivity contribution in [2.75, 3.05) is 0 Å². The second-order valence-electron chi connectivity index (χ2n) is 7.59. The second-order valence-corrected chi connectivity index (χ2v) is 7.59. The number of hydrogen-bond acceptors (Lipinski definition) is 3. The number of fused-ring (bicyclic) bond motifs is 3. The van der Waals surface area contributed by atoms with Crippen molar-refractivity contribution in [2.45, 2.75) is 13.8 Å². The molecule has 0 saturated carbocycles. The summed E-state index contributed by atoms with van der Waals surface area (Å²) in [6.45, 7) is 4.05. The Morgan fingerprint density at radius 1 is 0.600 bits per heavy atom. The molecule has 0 atom stereocenters. The van der Waals surface area contributed by atoms with E-state index in [0.717, 1.165) is 43.4 Å². The molecule has 0 unspecified atom stereocenters. The molecule has 0 aliphatic rings. The van der Waals surface area contributed by atoms with E-state index in [1.165, 1.54) is 0 Å². The monoisotopic (exact) mass is 392 g/mol. The zero-order valence-electron chi connectivity index (χ0n) is 16.8. The number of benzene rings is 5. The third-order valence-electron chi connectivity index (χ3n) is 5.35. The molecular formula is C27H20O3. The van der Waals surface area contributed by atoms with E-state index < -0.39 is 6.16 Å². The first-order valence-corrected chi connectivity index (χ1v) is 9.90. The fraction of sp³-hybridized carbons (Fsp3) is 0.0741. The van der Waals surface area contributed by atoms with Gasteiger partial charge in [-0.2, -0.15) is 0 Å². The summed E-state index contributed by atoms with van der Waals surface area (Å²) in [6.07, 6.45) is -0.747. The summed E-state index contributed by atoms with van der Waals surface area (Å²) in [5, 5.41) is 5.69. The van der Waals surface area contributed by atoms with Gasteiger partial charge in [-0.3, -0.25) is 0 Å². The van der Waals surface area contributed by atoms with Gasteiger partial charge in [0.2, 0.25) is 0 Å². The van der Waals surface area contributed by atoms with Crippen molar-refractivity contribution in [1.29, 1.82) is 0 Å². The lowest BCUT2D eigenvalue weighted by molar-refractivity contribution is 0.153. The van der Waals surface area contributed by atoms with Crippen LogP contribution in [0.4, 0.5) is 4.79 Å². The number of ether oxygens (including phenoxy) is 2. The van der Waals surface area contributed by atoms with Gasteiger partial charge < -0.3 is 9.47 Å². The van der Waals surface area contributed by atoms with Crippen molar-refractivity contribution in [3.05, 3.63) is 96.1 Å². The molecular weight excluding hydrogens is 372 g/mol. The Hall–Kier alpha value is -3.85. The van der Waals surface area contributed by atoms with Crippen LogP contribution in [0.15, 0.2) is 84.9 Å². The predicted octanol–water partition coefficient (Wildman–Crippen LogP) is 7.34. The first-order valence-electron chi connectivity index (χ1n) is 9.90. The molecule has 5 rings (SSSR count). The molecule has 0 spiro atoms. The standard InChI is InChI=1S/C27H20O3/c1-17-10-12-20-16-21-13-11-18(2)15-24(21)26(23(20)14-17)30-27(28)29-25-9-5-7-19-6-3-4-8-22(19)25/h3-16H,1-2H3. The van der Waals surface area contributed by atoms with Gasteiger partial charge in [0.05, 0.1) is 0 Å². The van der Waals surface area contributed by atoms with E-state index in [0.29, 0.717) is 11.5 Å². The van der Waals surface area contributed by atoms with Gasteiger partial charge in [-0.15, -0.1) is 0 Å². The molecule has 0 amide bonds. The summed E-state index contributed by atoms with van der Waals surface area (Å²) in [6, 6.07) is 27.8. The highest BCUT2D eigenvalue weighted by atomic mass is 16.7. The molecule has 0 N–H and O–H groups in total. The van der Waals surface area contributed by atoms with Crippen molar-refractivity contribution < 1.29 is 14.3 Å². The van der Waals surface area contributed by atoms with E-state index in [1.807, 2.05) is 74.5 Å². The van der Waals surface area contributed by atoms with E-state index >= 15 is 0 Å². The van der Waals surface area contributed by atoms with Gasteiger partial charge in [0.1, 0.15) is 11.5 Å². The Kier molecular flexibility index (Phi) is 4.36. The zero-order chi connectivity index (χ0) is 20.7. The molecule has 0 saturated heterocycles. The minimum atomic E-state index is -0.747. The normalized spacial score (nSPS) is 11.1. The van der Waals surface area contributed by atoms with Crippen LogP contribution in [-0.4, -0.2) is 6.16 Å². The molecule has 30 heavy (non-hydrogen) atoms. The number of carbonyl (C=O) groups excluding carboxylic acids is 1. The lowest BCUT2D eigenvalue weighted by Crippen LogP contribution is -2.14. The lowest BCUT2D eigenvalue weighted by atomic mass is 9.99. The highest BCUT2D eigenvalue weighted by Crippen LogP contribution is 2.36. The second kappa shape index (κ2) is 7.20. The van der Waals surface area contributed by atoms with Gasteiger partial charge >= 0.3 is 6.16 Å². The van der Waals surface area contributed by atoms with E-state index in [2.05, 4.69) is 18.2 Å². The molecule has 3 nitrogen and oxygen atoms in total. The van der Waals surface area contributed by atoms with Crippen LogP contribution in [0.5, 0.6) is 11.5 Å². The molecule has 0 heterocycles. The summed E-state index contributed by atoms with van der Waals surface area (Å²) in [7, 11) is 0. The van der Waals surface area contributed by atoms with Crippen LogP contribution in [0.3, 0.4) is 0 Å². The fourth-order valence-corrected chi connectivity index (χ4v) is 3.89. The van der Waals surface area contributed by atoms with Gasteiger partial charge in [0.25, 0.3) is 0 Å². The number of hydrogen-bond donors (Lipinski definition) is 0. The average molecular weight is 392 g/mol. The van der Waals surface area contributed by atoms with Crippen LogP contribution in [0.25, 0.3) is 32.3 Å². The number of aryl methyl sites for hydroxylation is 2. The average Bonchev–Trinajstić information content (AvgIpc) is 2.74. The van der Waals surface area contributed by atoms with Crippen molar-refractivity contribution >= 4 is 38.5 Å². The van der Waals surface area contributed by atoms with E-state index in [1.54, 1.807) is 6.07 Å². The highest BCUT2D eigenvalue weighted by molar-refractivity contribution is 6.06. The Morgan fingerprint density at radius 2 is 1.23 bits per heavy atom. The van der Waals surface area contributed by atoms with Crippen molar-refractivity contribution in [3.63, 3.8) is 0 Å². The summed E-state index contributed by atoms with van der Waals surface area (Å²) in [5.41, 5.74) is 2.20. The summed E-state index contributed by atoms with van der Waals surface area (Å²) >= 11 is 0. The minimum Gasteiger partial charge on any atom is -0.394 e. The maximum absolute atomic E-state index is 12.8. The lowest BCUT2D eigenvalue weighted by Gasteiger charge is -2.13. The van der Waals surface area contributed by atoms with Crippen LogP contribution < -0.4 is 9.47 Å². The third kappa shape index (κ3) is 3.25. The quantitative estimate of drug-likeness (QED) is 0.179. The van der Waals surface area contributed by atoms with Crippen LogP contribution in [0, 0.1) is 13.8 Å². The molecule has 0 aliphatic carbocycles. The maximum Gasteiger partial charge on any atom is 0.519 e. The molecule has 0 aromatic heterocycles. The van der Waals surface area contributed by atoms with Gasteiger partial charge in [-0.1, -0.05) is 71.8 Å². The van der Waals surface area contributed by atoms with E-state index in [-0.39, 0.29) is 0 Å². The molecule has 0 fully saturated rings. The smallest absolute Gasteiger partial charge is 0.394 e. The summed E-state index contributed by atoms with van der Waals surface area (Å²) in [4.78, 5) is 12.8. The molecule has 5 aromatic carbocycles. The molecule has 0 aliphatic heterocycles. The van der Waals surface area contributed by atoms with E-state index in [4.69, 9.17) is 9.47 Å². The van der Waals surface area contributed by atoms with Crippen molar-refractivity contribution in [2.24, 2.45) is 0 Å². The van der Waals surface area contributed by atoms with Gasteiger partial charge in [-0.05, 0) is 54.3 Å². The molecule has 146 valence electrons. The Bertz CT molecular complexity index is 1370. The van der Waals surface area contributed by atoms with Crippen LogP contribution >= 0.6 is 0 Å². The van der Waals surface area contributed by atoms with Crippen molar-refractivity contribution in [1.82, 2.24) is 0 Å². The SMILES string of the molecule is Cc1ccc2cc3ccc(C)cc3c(OC(=O)Oc3cccc4ccccc34)c2c1. The van der Waals surface area contributed by atoms with E-state index in [9.17, 15) is 4.79 Å².